The van der Waals surface area contributed by atoms with Gasteiger partial charge in [0.05, 0.1) is 17.1 Å². The summed E-state index contributed by atoms with van der Waals surface area (Å²) in [4.78, 5) is 26.3. The Morgan fingerprint density at radius 2 is 1.93 bits per heavy atom. The molecule has 3 rings (SSSR count). The van der Waals surface area contributed by atoms with Gasteiger partial charge in [-0.2, -0.15) is 0 Å². The van der Waals surface area contributed by atoms with E-state index in [1.807, 2.05) is 0 Å². The predicted octanol–water partition coefficient (Wildman–Crippen LogP) is 4.27. The first-order valence-corrected chi connectivity index (χ1v) is 9.57. The van der Waals surface area contributed by atoms with Crippen molar-refractivity contribution in [2.75, 3.05) is 13.7 Å². The van der Waals surface area contributed by atoms with Crippen molar-refractivity contribution in [1.29, 1.82) is 0 Å². The smallest absolute Gasteiger partial charge is 0.343 e. The summed E-state index contributed by atoms with van der Waals surface area (Å²) in [5.41, 5.74) is 0.929. The number of likely N-dealkylation sites (N-methyl/N-ethyl adjacent to an activating group) is 1. The van der Waals surface area contributed by atoms with Crippen molar-refractivity contribution in [2.45, 2.75) is 6.92 Å². The summed E-state index contributed by atoms with van der Waals surface area (Å²) in [5, 5.41) is 0. The molecule has 0 spiro atoms. The average molecular weight is 417 g/mol. The molecule has 1 fully saturated rings. The lowest BCUT2D eigenvalue weighted by molar-refractivity contribution is -0.121. The summed E-state index contributed by atoms with van der Waals surface area (Å²) in [5.74, 6) is -0.635. The number of carbonyl (C=O) groups is 2. The fourth-order valence-electron chi connectivity index (χ4n) is 2.41. The van der Waals surface area contributed by atoms with Crippen LogP contribution in [0.1, 0.15) is 22.8 Å². The number of carbonyl (C=O) groups excluding carboxylic acids is 2. The lowest BCUT2D eigenvalue weighted by Crippen LogP contribution is -2.22. The SMILES string of the molecule is CCOc1cc(/C=C2\SC(=S)N(C)C2=O)ccc1OC(=O)c1ccc(F)cc1. The summed E-state index contributed by atoms with van der Waals surface area (Å²) >= 11 is 6.34. The lowest BCUT2D eigenvalue weighted by atomic mass is 10.1. The van der Waals surface area contributed by atoms with Gasteiger partial charge in [-0.05, 0) is 55.0 Å². The molecule has 5 nitrogen and oxygen atoms in total. The van der Waals surface area contributed by atoms with Crippen LogP contribution in [0.3, 0.4) is 0 Å². The molecular weight excluding hydrogens is 401 g/mol. The first-order valence-electron chi connectivity index (χ1n) is 8.35. The van der Waals surface area contributed by atoms with Gasteiger partial charge in [0, 0.05) is 7.05 Å². The second-order valence-electron chi connectivity index (χ2n) is 5.78. The van der Waals surface area contributed by atoms with Crippen LogP contribution in [-0.2, 0) is 4.79 Å². The highest BCUT2D eigenvalue weighted by Crippen LogP contribution is 2.34. The van der Waals surface area contributed by atoms with Gasteiger partial charge in [-0.1, -0.05) is 30.0 Å². The summed E-state index contributed by atoms with van der Waals surface area (Å²) in [6.45, 7) is 2.17. The topological polar surface area (TPSA) is 55.8 Å². The van der Waals surface area contributed by atoms with E-state index in [2.05, 4.69) is 0 Å². The average Bonchev–Trinajstić information content (AvgIpc) is 2.91. The molecule has 1 amide bonds. The lowest BCUT2D eigenvalue weighted by Gasteiger charge is -2.11. The molecule has 0 unspecified atom stereocenters. The van der Waals surface area contributed by atoms with Crippen LogP contribution in [-0.4, -0.2) is 34.8 Å². The molecule has 0 bridgehead atoms. The van der Waals surface area contributed by atoms with E-state index < -0.39 is 11.8 Å². The fourth-order valence-corrected chi connectivity index (χ4v) is 3.59. The van der Waals surface area contributed by atoms with Gasteiger partial charge in [0.15, 0.2) is 11.5 Å². The number of nitrogens with zero attached hydrogens (tertiary/aromatic N) is 1. The summed E-state index contributed by atoms with van der Waals surface area (Å²) in [7, 11) is 1.63. The highest BCUT2D eigenvalue weighted by molar-refractivity contribution is 8.26. The van der Waals surface area contributed by atoms with E-state index in [4.69, 9.17) is 21.7 Å². The van der Waals surface area contributed by atoms with E-state index >= 15 is 0 Å². The van der Waals surface area contributed by atoms with Crippen molar-refractivity contribution < 1.29 is 23.5 Å². The fraction of sp³-hybridized carbons (Fsp3) is 0.150. The van der Waals surface area contributed by atoms with E-state index in [1.54, 1.807) is 38.2 Å². The Morgan fingerprint density at radius 3 is 2.54 bits per heavy atom. The molecule has 1 aliphatic rings. The number of thiocarbonyl (C=S) groups is 1. The second-order valence-corrected chi connectivity index (χ2v) is 7.45. The van der Waals surface area contributed by atoms with Crippen molar-refractivity contribution in [2.24, 2.45) is 0 Å². The van der Waals surface area contributed by atoms with Crippen molar-refractivity contribution in [1.82, 2.24) is 4.90 Å². The minimum atomic E-state index is -0.624. The van der Waals surface area contributed by atoms with E-state index in [-0.39, 0.29) is 17.2 Å². The van der Waals surface area contributed by atoms with Crippen molar-refractivity contribution in [3.8, 4) is 11.5 Å². The Labute approximate surface area is 171 Å². The molecule has 1 saturated heterocycles. The van der Waals surface area contributed by atoms with Crippen molar-refractivity contribution in [3.05, 3.63) is 64.3 Å². The van der Waals surface area contributed by atoms with E-state index in [0.29, 0.717) is 27.1 Å². The maximum Gasteiger partial charge on any atom is 0.343 e. The summed E-state index contributed by atoms with van der Waals surface area (Å²) in [6.07, 6.45) is 1.71. The number of hydrogen-bond acceptors (Lipinski definition) is 6. The van der Waals surface area contributed by atoms with Gasteiger partial charge in [-0.25, -0.2) is 9.18 Å². The maximum atomic E-state index is 13.0. The largest absolute Gasteiger partial charge is 0.490 e. The molecule has 144 valence electrons. The molecule has 1 aliphatic heterocycles. The Balaban J connectivity index is 1.85. The Morgan fingerprint density at radius 1 is 1.21 bits per heavy atom. The molecule has 8 heteroatoms. The van der Waals surface area contributed by atoms with Gasteiger partial charge in [0.1, 0.15) is 10.1 Å². The third-order valence-electron chi connectivity index (χ3n) is 3.83. The number of benzene rings is 2. The van der Waals surface area contributed by atoms with Crippen LogP contribution in [0.4, 0.5) is 4.39 Å². The number of halogens is 1. The van der Waals surface area contributed by atoms with Crippen LogP contribution in [0, 0.1) is 5.82 Å². The number of esters is 1. The maximum absolute atomic E-state index is 13.0. The molecule has 2 aromatic carbocycles. The van der Waals surface area contributed by atoms with E-state index in [0.717, 1.165) is 0 Å². The zero-order chi connectivity index (χ0) is 20.3. The molecular formula is C20H16FNO4S2. The third kappa shape index (κ3) is 4.40. The number of thioether (sulfide) groups is 1. The zero-order valence-electron chi connectivity index (χ0n) is 15.1. The molecule has 0 atom stereocenters. The molecule has 0 radical (unpaired) electrons. The van der Waals surface area contributed by atoms with Crippen LogP contribution in [0.25, 0.3) is 6.08 Å². The molecule has 0 saturated carbocycles. The molecule has 0 aliphatic carbocycles. The third-order valence-corrected chi connectivity index (χ3v) is 5.32. The first kappa shape index (κ1) is 20.0. The van der Waals surface area contributed by atoms with Crippen LogP contribution in [0.5, 0.6) is 11.5 Å². The second kappa shape index (κ2) is 8.53. The summed E-state index contributed by atoms with van der Waals surface area (Å²) in [6, 6.07) is 10.0. The molecule has 1 heterocycles. The zero-order valence-corrected chi connectivity index (χ0v) is 16.7. The molecule has 0 N–H and O–H groups in total. The van der Waals surface area contributed by atoms with Gasteiger partial charge >= 0.3 is 5.97 Å². The highest BCUT2D eigenvalue weighted by atomic mass is 32.2. The molecule has 28 heavy (non-hydrogen) atoms. The minimum Gasteiger partial charge on any atom is -0.490 e. The van der Waals surface area contributed by atoms with E-state index in [9.17, 15) is 14.0 Å². The van der Waals surface area contributed by atoms with Gasteiger partial charge < -0.3 is 9.47 Å². The van der Waals surface area contributed by atoms with Crippen molar-refractivity contribution in [3.63, 3.8) is 0 Å². The van der Waals surface area contributed by atoms with Crippen LogP contribution in [0.15, 0.2) is 47.4 Å². The number of rotatable bonds is 5. The Kier molecular flexibility index (Phi) is 6.11. The van der Waals surface area contributed by atoms with Gasteiger partial charge in [-0.15, -0.1) is 0 Å². The Bertz CT molecular complexity index is 973. The molecule has 0 aromatic heterocycles. The van der Waals surface area contributed by atoms with Crippen molar-refractivity contribution >= 4 is 46.3 Å². The first-order chi connectivity index (χ1) is 13.4. The monoisotopic (exact) mass is 417 g/mol. The van der Waals surface area contributed by atoms with Gasteiger partial charge in [0.25, 0.3) is 5.91 Å². The number of ether oxygens (including phenoxy) is 2. The van der Waals surface area contributed by atoms with Gasteiger partial charge in [0.2, 0.25) is 0 Å². The number of amides is 1. The van der Waals surface area contributed by atoms with Crippen LogP contribution in [0.2, 0.25) is 0 Å². The Hall–Kier alpha value is -2.71. The van der Waals surface area contributed by atoms with E-state index in [1.165, 1.54) is 40.9 Å². The van der Waals surface area contributed by atoms with Crippen LogP contribution >= 0.6 is 24.0 Å². The minimum absolute atomic E-state index is 0.167. The van der Waals surface area contributed by atoms with Gasteiger partial charge in [-0.3, -0.25) is 9.69 Å². The summed E-state index contributed by atoms with van der Waals surface area (Å²) < 4.78 is 24.5. The normalized spacial score (nSPS) is 15.2. The number of hydrogen-bond donors (Lipinski definition) is 0. The predicted molar refractivity (Wildman–Crippen MR) is 110 cm³/mol. The highest BCUT2D eigenvalue weighted by Gasteiger charge is 2.28. The quantitative estimate of drug-likeness (QED) is 0.313. The molecule has 2 aromatic rings. The standard InChI is InChI=1S/C20H16FNO4S2/c1-3-25-16-10-12(11-17-18(23)22(2)20(27)28-17)4-9-15(16)26-19(24)13-5-7-14(21)8-6-13/h4-11H,3H2,1-2H3/b17-11-. The van der Waals surface area contributed by atoms with Crippen LogP contribution < -0.4 is 9.47 Å².